The van der Waals surface area contributed by atoms with Crippen molar-refractivity contribution in [3.05, 3.63) is 46.1 Å². The Bertz CT molecular complexity index is 1070. The Balaban J connectivity index is 1.68. The van der Waals surface area contributed by atoms with Gasteiger partial charge >= 0.3 is 0 Å². The van der Waals surface area contributed by atoms with Crippen LogP contribution in [0.4, 0.5) is 4.39 Å². The number of ether oxygens (including phenoxy) is 1. The highest BCUT2D eigenvalue weighted by molar-refractivity contribution is 8.00. The summed E-state index contributed by atoms with van der Waals surface area (Å²) in [7, 11) is 0. The maximum Gasteiger partial charge on any atom is 0.189 e. The lowest BCUT2D eigenvalue weighted by molar-refractivity contribution is -0.0543. The van der Waals surface area contributed by atoms with Crippen LogP contribution in [-0.2, 0) is 17.8 Å². The number of benzene rings is 1. The van der Waals surface area contributed by atoms with Crippen molar-refractivity contribution in [2.24, 2.45) is 0 Å². The van der Waals surface area contributed by atoms with Crippen LogP contribution in [0.25, 0.3) is 10.2 Å². The van der Waals surface area contributed by atoms with Crippen molar-refractivity contribution in [3.8, 4) is 0 Å². The van der Waals surface area contributed by atoms with Crippen molar-refractivity contribution in [2.75, 3.05) is 12.0 Å². The second-order valence-corrected chi connectivity index (χ2v) is 10.0. The van der Waals surface area contributed by atoms with E-state index >= 15 is 0 Å². The molecule has 2 aromatic heterocycles. The van der Waals surface area contributed by atoms with Gasteiger partial charge in [0.05, 0.1) is 18.0 Å². The molecule has 1 aromatic carbocycles. The zero-order chi connectivity index (χ0) is 20.6. The molecule has 29 heavy (non-hydrogen) atoms. The van der Waals surface area contributed by atoms with E-state index in [1.54, 1.807) is 11.3 Å². The molecule has 0 spiro atoms. The van der Waals surface area contributed by atoms with Crippen LogP contribution in [-0.4, -0.2) is 33.4 Å². The maximum absolute atomic E-state index is 13.1. The Hall–Kier alpha value is -1.48. The summed E-state index contributed by atoms with van der Waals surface area (Å²) in [5.41, 5.74) is 1.57. The highest BCUT2D eigenvalue weighted by Crippen LogP contribution is 2.43. The van der Waals surface area contributed by atoms with Gasteiger partial charge in [-0.15, -0.1) is 11.3 Å². The van der Waals surface area contributed by atoms with Crippen molar-refractivity contribution in [1.82, 2.24) is 9.97 Å². The van der Waals surface area contributed by atoms with Crippen LogP contribution in [0.3, 0.4) is 0 Å². The van der Waals surface area contributed by atoms with E-state index in [0.717, 1.165) is 28.1 Å². The minimum absolute atomic E-state index is 0.0432. The van der Waals surface area contributed by atoms with Gasteiger partial charge in [0.25, 0.3) is 0 Å². The first-order valence-corrected chi connectivity index (χ1v) is 12.4. The zero-order valence-corrected chi connectivity index (χ0v) is 18.9. The Kier molecular flexibility index (Phi) is 5.97. The molecule has 0 bridgehead atoms. The molecule has 4 rings (SSSR count). The fraction of sp³-hybridized carbons (Fsp3) is 0.381. The average molecular weight is 449 g/mol. The van der Waals surface area contributed by atoms with E-state index in [1.807, 2.05) is 6.26 Å². The first-order valence-electron chi connectivity index (χ1n) is 9.34. The number of aromatic nitrogens is 2. The number of thioether (sulfide) groups is 2. The standard InChI is InChI=1S/C21H21FN2O2S3/c1-4-21(2)9-14-16(10-26-21)29-19-17(14)18(23-20(24-19)27-3)28-11-15(25)12-5-7-13(22)8-6-12/h5-8H,4,9-11H2,1-3H3. The fourth-order valence-electron chi connectivity index (χ4n) is 3.30. The third-order valence-corrected chi connectivity index (χ3v) is 7.84. The topological polar surface area (TPSA) is 52.1 Å². The molecule has 0 N–H and O–H groups in total. The molecule has 0 fully saturated rings. The van der Waals surface area contributed by atoms with Gasteiger partial charge < -0.3 is 4.74 Å². The monoisotopic (exact) mass is 448 g/mol. The van der Waals surface area contributed by atoms with Crippen LogP contribution in [0.5, 0.6) is 0 Å². The molecule has 0 radical (unpaired) electrons. The van der Waals surface area contributed by atoms with Crippen molar-refractivity contribution >= 4 is 50.9 Å². The molecule has 0 saturated heterocycles. The second-order valence-electron chi connectivity index (χ2n) is 7.19. The van der Waals surface area contributed by atoms with Crippen LogP contribution < -0.4 is 0 Å². The highest BCUT2D eigenvalue weighted by Gasteiger charge is 2.33. The number of hydrogen-bond donors (Lipinski definition) is 0. The molecule has 1 aliphatic rings. The van der Waals surface area contributed by atoms with Gasteiger partial charge in [0.2, 0.25) is 0 Å². The number of hydrogen-bond acceptors (Lipinski definition) is 7. The van der Waals surface area contributed by atoms with Crippen LogP contribution in [0.15, 0.2) is 34.4 Å². The molecular formula is C21H21FN2O2S3. The number of ketones is 1. The molecule has 0 aliphatic carbocycles. The summed E-state index contributed by atoms with van der Waals surface area (Å²) in [5.74, 6) is -0.140. The Morgan fingerprint density at radius 1 is 1.31 bits per heavy atom. The normalized spacial score (nSPS) is 18.8. The van der Waals surface area contributed by atoms with E-state index in [4.69, 9.17) is 14.7 Å². The minimum Gasteiger partial charge on any atom is -0.369 e. The van der Waals surface area contributed by atoms with Gasteiger partial charge in [-0.3, -0.25) is 4.79 Å². The summed E-state index contributed by atoms with van der Waals surface area (Å²) >= 11 is 4.58. The van der Waals surface area contributed by atoms with Crippen LogP contribution in [0.1, 0.15) is 41.1 Å². The molecule has 0 saturated carbocycles. The summed E-state index contributed by atoms with van der Waals surface area (Å²) in [4.78, 5) is 24.2. The van der Waals surface area contributed by atoms with Gasteiger partial charge in [0, 0.05) is 22.2 Å². The van der Waals surface area contributed by atoms with E-state index in [2.05, 4.69) is 13.8 Å². The summed E-state index contributed by atoms with van der Waals surface area (Å²) in [6, 6.07) is 5.68. The Labute approximate surface area is 181 Å². The molecule has 8 heteroatoms. The SMILES string of the molecule is CCC1(C)Cc2c(sc3nc(SC)nc(SCC(=O)c4ccc(F)cc4)c23)CO1. The van der Waals surface area contributed by atoms with E-state index in [1.165, 1.54) is 58.2 Å². The first kappa shape index (κ1) is 20.8. The predicted molar refractivity (Wildman–Crippen MR) is 118 cm³/mol. The Morgan fingerprint density at radius 2 is 2.07 bits per heavy atom. The number of fused-ring (bicyclic) bond motifs is 3. The average Bonchev–Trinajstić information content (AvgIpc) is 3.09. The van der Waals surface area contributed by atoms with E-state index in [0.29, 0.717) is 17.3 Å². The van der Waals surface area contributed by atoms with Gasteiger partial charge in [-0.25, -0.2) is 14.4 Å². The van der Waals surface area contributed by atoms with Gasteiger partial charge in [0.15, 0.2) is 10.9 Å². The van der Waals surface area contributed by atoms with Crippen molar-refractivity contribution in [1.29, 1.82) is 0 Å². The molecule has 1 aliphatic heterocycles. The smallest absolute Gasteiger partial charge is 0.189 e. The van der Waals surface area contributed by atoms with Crippen LogP contribution in [0, 0.1) is 5.82 Å². The number of carbonyl (C=O) groups excluding carboxylic acids is 1. The third-order valence-electron chi connectivity index (χ3n) is 5.22. The van der Waals surface area contributed by atoms with Gasteiger partial charge in [-0.1, -0.05) is 30.4 Å². The molecule has 0 amide bonds. The molecule has 3 heterocycles. The zero-order valence-electron chi connectivity index (χ0n) is 16.5. The van der Waals surface area contributed by atoms with Crippen molar-refractivity contribution in [2.45, 2.75) is 49.1 Å². The second kappa shape index (κ2) is 8.34. The quantitative estimate of drug-likeness (QED) is 0.207. The largest absolute Gasteiger partial charge is 0.369 e. The summed E-state index contributed by atoms with van der Waals surface area (Å²) in [6.45, 7) is 4.87. The lowest BCUT2D eigenvalue weighted by Crippen LogP contribution is -2.33. The first-order chi connectivity index (χ1) is 13.9. The number of carbonyl (C=O) groups is 1. The Morgan fingerprint density at radius 3 is 2.76 bits per heavy atom. The lowest BCUT2D eigenvalue weighted by atomic mass is 9.90. The lowest BCUT2D eigenvalue weighted by Gasteiger charge is -2.33. The molecule has 4 nitrogen and oxygen atoms in total. The van der Waals surface area contributed by atoms with E-state index in [-0.39, 0.29) is 23.0 Å². The molecule has 3 aromatic rings. The maximum atomic E-state index is 13.1. The number of thiophene rings is 1. The van der Waals surface area contributed by atoms with E-state index < -0.39 is 0 Å². The summed E-state index contributed by atoms with van der Waals surface area (Å²) in [5, 5.41) is 2.60. The molecule has 1 unspecified atom stereocenters. The van der Waals surface area contributed by atoms with Crippen molar-refractivity contribution < 1.29 is 13.9 Å². The van der Waals surface area contributed by atoms with Crippen LogP contribution in [0.2, 0.25) is 0 Å². The third kappa shape index (κ3) is 4.21. The number of nitrogens with zero attached hydrogens (tertiary/aromatic N) is 2. The molecular weight excluding hydrogens is 427 g/mol. The predicted octanol–water partition coefficient (Wildman–Crippen LogP) is 5.77. The minimum atomic E-state index is -0.345. The van der Waals surface area contributed by atoms with Crippen molar-refractivity contribution in [3.63, 3.8) is 0 Å². The van der Waals surface area contributed by atoms with Gasteiger partial charge in [-0.05, 0) is 49.4 Å². The fourth-order valence-corrected chi connectivity index (χ4v) is 5.89. The number of halogens is 1. The number of rotatable bonds is 6. The highest BCUT2D eigenvalue weighted by atomic mass is 32.2. The van der Waals surface area contributed by atoms with Gasteiger partial charge in [-0.2, -0.15) is 0 Å². The number of Topliss-reactive ketones (excluding diaryl/α,β-unsaturated/α-hetero) is 1. The van der Waals surface area contributed by atoms with E-state index in [9.17, 15) is 9.18 Å². The van der Waals surface area contributed by atoms with Gasteiger partial charge in [0.1, 0.15) is 15.7 Å². The summed E-state index contributed by atoms with van der Waals surface area (Å²) < 4.78 is 19.2. The molecule has 1 atom stereocenters. The molecule has 152 valence electrons. The van der Waals surface area contributed by atoms with Crippen LogP contribution >= 0.6 is 34.9 Å². The summed E-state index contributed by atoms with van der Waals surface area (Å²) in [6.07, 6.45) is 3.70.